The van der Waals surface area contributed by atoms with Crippen LogP contribution < -0.4 is 14.8 Å². The van der Waals surface area contributed by atoms with E-state index in [1.165, 1.54) is 4.90 Å². The summed E-state index contributed by atoms with van der Waals surface area (Å²) in [6, 6.07) is 23.1. The molecule has 1 aliphatic heterocycles. The van der Waals surface area contributed by atoms with E-state index in [0.717, 1.165) is 34.1 Å². The number of thioether (sulfide) groups is 1. The molecule has 0 fully saturated rings. The molecule has 3 aromatic carbocycles. The monoisotopic (exact) mass is 458 g/mol. The number of nitrogens with zero attached hydrogens (tertiary/aromatic N) is 1. The van der Waals surface area contributed by atoms with E-state index in [9.17, 15) is 4.79 Å². The van der Waals surface area contributed by atoms with Gasteiger partial charge in [0.25, 0.3) is 5.91 Å². The zero-order valence-electron chi connectivity index (χ0n) is 18.0. The summed E-state index contributed by atoms with van der Waals surface area (Å²) in [7, 11) is 0. The summed E-state index contributed by atoms with van der Waals surface area (Å²) in [5, 5.41) is 2.93. The highest BCUT2D eigenvalue weighted by Crippen LogP contribution is 2.32. The lowest BCUT2D eigenvalue weighted by Crippen LogP contribution is -2.22. The topological polar surface area (TPSA) is 73.6 Å². The number of carbonyl (C=O) groups is 1. The first-order chi connectivity index (χ1) is 16.2. The summed E-state index contributed by atoms with van der Waals surface area (Å²) < 4.78 is 16.6. The molecule has 0 bridgehead atoms. The number of benzene rings is 3. The van der Waals surface area contributed by atoms with E-state index in [4.69, 9.17) is 13.9 Å². The van der Waals surface area contributed by atoms with Gasteiger partial charge >= 0.3 is 0 Å². The van der Waals surface area contributed by atoms with Crippen LogP contribution in [0.5, 0.6) is 11.5 Å². The third-order valence-electron chi connectivity index (χ3n) is 5.30. The first-order valence-corrected chi connectivity index (χ1v) is 11.6. The predicted molar refractivity (Wildman–Crippen MR) is 126 cm³/mol. The van der Waals surface area contributed by atoms with E-state index in [-0.39, 0.29) is 12.7 Å². The number of aryl methyl sites for hydroxylation is 1. The van der Waals surface area contributed by atoms with Crippen molar-refractivity contribution in [2.24, 2.45) is 0 Å². The molecule has 0 unspecified atom stereocenters. The normalized spacial score (nSPS) is 12.0. The third-order valence-corrected chi connectivity index (χ3v) is 6.32. The van der Waals surface area contributed by atoms with Gasteiger partial charge in [-0.15, -0.1) is 11.8 Å². The molecular formula is C26H22N2O4S. The summed E-state index contributed by atoms with van der Waals surface area (Å²) in [5.74, 6) is 3.38. The Bertz CT molecular complexity index is 1270. The lowest BCUT2D eigenvalue weighted by molar-refractivity contribution is 0.0951. The zero-order chi connectivity index (χ0) is 22.6. The molecule has 0 spiro atoms. The number of fused-ring (bicyclic) bond motifs is 1. The highest BCUT2D eigenvalue weighted by atomic mass is 32.2. The molecule has 0 aliphatic carbocycles. The zero-order valence-corrected chi connectivity index (χ0v) is 18.9. The van der Waals surface area contributed by atoms with Crippen LogP contribution in [0.4, 0.5) is 0 Å². The fourth-order valence-electron chi connectivity index (χ4n) is 3.45. The molecule has 0 atom stereocenters. The van der Waals surface area contributed by atoms with Gasteiger partial charge in [0.1, 0.15) is 5.76 Å². The number of aromatic nitrogens is 1. The van der Waals surface area contributed by atoms with Gasteiger partial charge in [-0.1, -0.05) is 24.3 Å². The SMILES string of the molecule is Cc1oc(-c2ccc(C(=O)NCc3ccc4c(c3)OCO4)cc2)nc1CSc1ccccc1. The average Bonchev–Trinajstić information content (AvgIpc) is 3.48. The van der Waals surface area contributed by atoms with E-state index >= 15 is 0 Å². The Balaban J connectivity index is 1.20. The van der Waals surface area contributed by atoms with E-state index in [1.54, 1.807) is 23.9 Å². The van der Waals surface area contributed by atoms with Gasteiger partial charge in [-0.05, 0) is 61.0 Å². The van der Waals surface area contributed by atoms with Gasteiger partial charge < -0.3 is 19.2 Å². The molecule has 1 amide bonds. The van der Waals surface area contributed by atoms with Gasteiger partial charge in [0.2, 0.25) is 12.7 Å². The van der Waals surface area contributed by atoms with Crippen LogP contribution in [-0.4, -0.2) is 17.7 Å². The van der Waals surface area contributed by atoms with Crippen molar-refractivity contribution in [3.05, 3.63) is 95.4 Å². The fourth-order valence-corrected chi connectivity index (χ4v) is 4.37. The molecule has 4 aromatic rings. The number of rotatable bonds is 7. The molecule has 2 heterocycles. The Morgan fingerprint density at radius 2 is 1.79 bits per heavy atom. The molecule has 0 saturated carbocycles. The van der Waals surface area contributed by atoms with Crippen molar-refractivity contribution in [2.75, 3.05) is 6.79 Å². The largest absolute Gasteiger partial charge is 0.454 e. The van der Waals surface area contributed by atoms with Gasteiger partial charge in [0.05, 0.1) is 5.69 Å². The van der Waals surface area contributed by atoms with Gasteiger partial charge in [0.15, 0.2) is 11.5 Å². The molecule has 0 radical (unpaired) electrons. The lowest BCUT2D eigenvalue weighted by Gasteiger charge is -2.07. The van der Waals surface area contributed by atoms with Crippen molar-refractivity contribution in [1.29, 1.82) is 0 Å². The Morgan fingerprint density at radius 3 is 2.61 bits per heavy atom. The number of amides is 1. The molecule has 1 aromatic heterocycles. The first kappa shape index (κ1) is 21.2. The van der Waals surface area contributed by atoms with Crippen LogP contribution >= 0.6 is 11.8 Å². The first-order valence-electron chi connectivity index (χ1n) is 10.6. The van der Waals surface area contributed by atoms with Crippen molar-refractivity contribution in [1.82, 2.24) is 10.3 Å². The van der Waals surface area contributed by atoms with Crippen molar-refractivity contribution in [3.63, 3.8) is 0 Å². The van der Waals surface area contributed by atoms with Crippen molar-refractivity contribution in [2.45, 2.75) is 24.1 Å². The molecule has 166 valence electrons. The Morgan fingerprint density at radius 1 is 1.00 bits per heavy atom. The van der Waals surface area contributed by atoms with E-state index < -0.39 is 0 Å². The maximum absolute atomic E-state index is 12.6. The second kappa shape index (κ2) is 9.42. The number of hydrogen-bond donors (Lipinski definition) is 1. The highest BCUT2D eigenvalue weighted by molar-refractivity contribution is 7.98. The van der Waals surface area contributed by atoms with Gasteiger partial charge in [-0.2, -0.15) is 0 Å². The summed E-state index contributed by atoms with van der Waals surface area (Å²) >= 11 is 1.72. The summed E-state index contributed by atoms with van der Waals surface area (Å²) in [6.07, 6.45) is 0. The number of nitrogens with one attached hydrogen (secondary N) is 1. The molecular weight excluding hydrogens is 436 g/mol. The maximum Gasteiger partial charge on any atom is 0.251 e. The Hall–Kier alpha value is -3.71. The quantitative estimate of drug-likeness (QED) is 0.363. The van der Waals surface area contributed by atoms with Crippen molar-refractivity contribution < 1.29 is 18.7 Å². The minimum atomic E-state index is -0.150. The Kier molecular flexibility index (Phi) is 6.04. The average molecular weight is 459 g/mol. The van der Waals surface area contributed by atoms with Gasteiger partial charge in [-0.25, -0.2) is 4.98 Å². The van der Waals surface area contributed by atoms with Crippen LogP contribution in [-0.2, 0) is 12.3 Å². The fraction of sp³-hybridized carbons (Fsp3) is 0.154. The second-order valence-electron chi connectivity index (χ2n) is 7.57. The van der Waals surface area contributed by atoms with Gasteiger partial charge in [-0.3, -0.25) is 4.79 Å². The Labute approximate surface area is 195 Å². The highest BCUT2D eigenvalue weighted by Gasteiger charge is 2.15. The van der Waals surface area contributed by atoms with Crippen molar-refractivity contribution >= 4 is 17.7 Å². The molecule has 1 N–H and O–H groups in total. The lowest BCUT2D eigenvalue weighted by atomic mass is 10.1. The standard InChI is InChI=1S/C26H22N2O4S/c1-17-22(15-33-21-5-3-2-4-6-21)28-26(32-17)20-10-8-19(9-11-20)25(29)27-14-18-7-12-23-24(13-18)31-16-30-23/h2-13H,14-16H2,1H3,(H,27,29). The second-order valence-corrected chi connectivity index (χ2v) is 8.62. The minimum absolute atomic E-state index is 0.150. The number of ether oxygens (including phenoxy) is 2. The minimum Gasteiger partial charge on any atom is -0.454 e. The molecule has 5 rings (SSSR count). The van der Waals surface area contributed by atoms with Crippen LogP contribution in [0.3, 0.4) is 0 Å². The molecule has 0 saturated heterocycles. The van der Waals surface area contributed by atoms with Crippen LogP contribution in [0.1, 0.15) is 27.4 Å². The van der Waals surface area contributed by atoms with E-state index in [0.29, 0.717) is 23.7 Å². The smallest absolute Gasteiger partial charge is 0.251 e. The molecule has 6 nitrogen and oxygen atoms in total. The van der Waals surface area contributed by atoms with Crippen LogP contribution in [0.2, 0.25) is 0 Å². The summed E-state index contributed by atoms with van der Waals surface area (Å²) in [4.78, 5) is 18.4. The number of carbonyl (C=O) groups excluding carboxylic acids is 1. The maximum atomic E-state index is 12.6. The number of oxazole rings is 1. The van der Waals surface area contributed by atoms with E-state index in [2.05, 4.69) is 22.4 Å². The molecule has 7 heteroatoms. The predicted octanol–water partition coefficient (Wildman–Crippen LogP) is 5.60. The molecule has 1 aliphatic rings. The van der Waals surface area contributed by atoms with E-state index in [1.807, 2.05) is 55.5 Å². The summed E-state index contributed by atoms with van der Waals surface area (Å²) in [5.41, 5.74) is 3.27. The van der Waals surface area contributed by atoms with Crippen LogP contribution in [0.15, 0.2) is 82.1 Å². The van der Waals surface area contributed by atoms with Gasteiger partial charge in [0, 0.05) is 28.3 Å². The van der Waals surface area contributed by atoms with Crippen molar-refractivity contribution in [3.8, 4) is 23.0 Å². The molecule has 33 heavy (non-hydrogen) atoms. The summed E-state index contributed by atoms with van der Waals surface area (Å²) in [6.45, 7) is 2.56. The number of hydrogen-bond acceptors (Lipinski definition) is 6. The van der Waals surface area contributed by atoms with Crippen LogP contribution in [0.25, 0.3) is 11.5 Å². The third kappa shape index (κ3) is 4.88. The van der Waals surface area contributed by atoms with Crippen LogP contribution in [0, 0.1) is 6.92 Å².